The lowest BCUT2D eigenvalue weighted by Gasteiger charge is -2.08. The highest BCUT2D eigenvalue weighted by molar-refractivity contribution is 6.04. The summed E-state index contributed by atoms with van der Waals surface area (Å²) in [6.07, 6.45) is 0. The van der Waals surface area contributed by atoms with Gasteiger partial charge in [0.25, 0.3) is 5.91 Å². The average molecular weight is 287 g/mol. The van der Waals surface area contributed by atoms with Gasteiger partial charge in [-0.05, 0) is 43.3 Å². The molecule has 0 unspecified atom stereocenters. The third-order valence-electron chi connectivity index (χ3n) is 2.97. The number of amides is 1. The third kappa shape index (κ3) is 3.45. The summed E-state index contributed by atoms with van der Waals surface area (Å²) in [6, 6.07) is 10.4. The number of benzene rings is 2. The van der Waals surface area contributed by atoms with E-state index in [4.69, 9.17) is 4.74 Å². The molecule has 0 heterocycles. The quantitative estimate of drug-likeness (QED) is 0.878. The van der Waals surface area contributed by atoms with Crippen molar-refractivity contribution in [1.29, 1.82) is 0 Å². The molecule has 4 nitrogen and oxygen atoms in total. The van der Waals surface area contributed by atoms with Crippen LogP contribution in [0.3, 0.4) is 0 Å². The minimum atomic E-state index is -0.660. The molecule has 0 fully saturated rings. The zero-order chi connectivity index (χ0) is 15.4. The van der Waals surface area contributed by atoms with E-state index in [0.717, 1.165) is 6.07 Å². The molecule has 0 aromatic heterocycles. The zero-order valence-electron chi connectivity index (χ0n) is 11.6. The van der Waals surface area contributed by atoms with Gasteiger partial charge in [0.15, 0.2) is 5.78 Å². The first-order chi connectivity index (χ1) is 10.0. The number of halogens is 1. The SMILES string of the molecule is COc1ccc(C(=O)Nc2ccc(C(C)=O)cc2)c(F)c1. The number of nitrogens with one attached hydrogen (secondary N) is 1. The molecule has 1 amide bonds. The number of ketones is 1. The molecule has 0 spiro atoms. The highest BCUT2D eigenvalue weighted by Gasteiger charge is 2.13. The van der Waals surface area contributed by atoms with Crippen LogP contribution in [-0.4, -0.2) is 18.8 Å². The van der Waals surface area contributed by atoms with Crippen LogP contribution in [0.1, 0.15) is 27.6 Å². The first-order valence-corrected chi connectivity index (χ1v) is 6.27. The number of Topliss-reactive ketones (excluding diaryl/α,β-unsaturated/α-hetero) is 1. The van der Waals surface area contributed by atoms with Gasteiger partial charge in [-0.1, -0.05) is 0 Å². The molecule has 0 saturated heterocycles. The molecule has 2 aromatic carbocycles. The number of methoxy groups -OCH3 is 1. The van der Waals surface area contributed by atoms with Crippen molar-refractivity contribution in [3.05, 3.63) is 59.4 Å². The van der Waals surface area contributed by atoms with Crippen molar-refractivity contribution in [3.63, 3.8) is 0 Å². The Morgan fingerprint density at radius 2 is 1.76 bits per heavy atom. The fourth-order valence-corrected chi connectivity index (χ4v) is 1.79. The Morgan fingerprint density at radius 3 is 2.29 bits per heavy atom. The van der Waals surface area contributed by atoms with E-state index < -0.39 is 11.7 Å². The van der Waals surface area contributed by atoms with Crippen LogP contribution in [0.25, 0.3) is 0 Å². The van der Waals surface area contributed by atoms with Gasteiger partial charge in [0, 0.05) is 17.3 Å². The number of hydrogen-bond acceptors (Lipinski definition) is 3. The Balaban J connectivity index is 2.16. The predicted molar refractivity (Wildman–Crippen MR) is 77.4 cm³/mol. The molecule has 0 aliphatic rings. The number of hydrogen-bond donors (Lipinski definition) is 1. The van der Waals surface area contributed by atoms with Crippen molar-refractivity contribution >= 4 is 17.4 Å². The van der Waals surface area contributed by atoms with Crippen LogP contribution in [0, 0.1) is 5.82 Å². The van der Waals surface area contributed by atoms with E-state index in [9.17, 15) is 14.0 Å². The van der Waals surface area contributed by atoms with Gasteiger partial charge >= 0.3 is 0 Å². The second kappa shape index (κ2) is 6.17. The lowest BCUT2D eigenvalue weighted by molar-refractivity contribution is 0.101. The van der Waals surface area contributed by atoms with Gasteiger partial charge in [-0.15, -0.1) is 0 Å². The summed E-state index contributed by atoms with van der Waals surface area (Å²) in [6.45, 7) is 1.46. The van der Waals surface area contributed by atoms with Crippen LogP contribution in [0.15, 0.2) is 42.5 Å². The average Bonchev–Trinajstić information content (AvgIpc) is 2.47. The summed E-state index contributed by atoms with van der Waals surface area (Å²) in [5.41, 5.74) is 0.954. The fraction of sp³-hybridized carbons (Fsp3) is 0.125. The van der Waals surface area contributed by atoms with E-state index in [2.05, 4.69) is 5.32 Å². The minimum absolute atomic E-state index is 0.0610. The number of anilines is 1. The Hall–Kier alpha value is -2.69. The highest BCUT2D eigenvalue weighted by Crippen LogP contribution is 2.18. The van der Waals surface area contributed by atoms with Gasteiger partial charge in [0.2, 0.25) is 0 Å². The first-order valence-electron chi connectivity index (χ1n) is 6.27. The molecule has 21 heavy (non-hydrogen) atoms. The Labute approximate surface area is 121 Å². The minimum Gasteiger partial charge on any atom is -0.497 e. The van der Waals surface area contributed by atoms with E-state index in [-0.39, 0.29) is 11.3 Å². The molecular weight excluding hydrogens is 273 g/mol. The molecule has 0 aliphatic heterocycles. The largest absolute Gasteiger partial charge is 0.497 e. The Bertz CT molecular complexity index is 680. The van der Waals surface area contributed by atoms with Crippen LogP contribution >= 0.6 is 0 Å². The van der Waals surface area contributed by atoms with E-state index in [1.165, 1.54) is 26.2 Å². The summed E-state index contributed by atoms with van der Waals surface area (Å²) >= 11 is 0. The van der Waals surface area contributed by atoms with Crippen LogP contribution in [0.5, 0.6) is 5.75 Å². The summed E-state index contributed by atoms with van der Waals surface area (Å²) < 4.78 is 18.7. The number of rotatable bonds is 4. The third-order valence-corrected chi connectivity index (χ3v) is 2.97. The lowest BCUT2D eigenvalue weighted by Crippen LogP contribution is -2.13. The maximum atomic E-state index is 13.8. The topological polar surface area (TPSA) is 55.4 Å². The second-order valence-corrected chi connectivity index (χ2v) is 4.43. The molecule has 2 aromatic rings. The monoisotopic (exact) mass is 287 g/mol. The van der Waals surface area contributed by atoms with Gasteiger partial charge in [0.05, 0.1) is 12.7 Å². The summed E-state index contributed by atoms with van der Waals surface area (Å²) in [7, 11) is 1.42. The molecule has 2 rings (SSSR count). The predicted octanol–water partition coefficient (Wildman–Crippen LogP) is 3.29. The van der Waals surface area contributed by atoms with Gasteiger partial charge in [0.1, 0.15) is 11.6 Å². The van der Waals surface area contributed by atoms with Gasteiger partial charge in [-0.3, -0.25) is 9.59 Å². The number of ether oxygens (including phenoxy) is 1. The van der Waals surface area contributed by atoms with Gasteiger partial charge in [-0.25, -0.2) is 4.39 Å². The molecule has 5 heteroatoms. The van der Waals surface area contributed by atoms with Crippen molar-refractivity contribution < 1.29 is 18.7 Å². The number of carbonyl (C=O) groups is 2. The van der Waals surface area contributed by atoms with Crippen molar-refractivity contribution in [2.24, 2.45) is 0 Å². The molecule has 0 aliphatic carbocycles. The van der Waals surface area contributed by atoms with Crippen LogP contribution in [-0.2, 0) is 0 Å². The normalized spacial score (nSPS) is 10.0. The molecular formula is C16H14FNO3. The molecule has 0 bridgehead atoms. The van der Waals surface area contributed by atoms with E-state index >= 15 is 0 Å². The van der Waals surface area contributed by atoms with Crippen molar-refractivity contribution in [1.82, 2.24) is 0 Å². The van der Waals surface area contributed by atoms with E-state index in [1.807, 2.05) is 0 Å². The summed E-state index contributed by atoms with van der Waals surface area (Å²) in [4.78, 5) is 23.2. The van der Waals surface area contributed by atoms with E-state index in [0.29, 0.717) is 17.0 Å². The maximum absolute atomic E-state index is 13.8. The standard InChI is InChI=1S/C16H14FNO3/c1-10(19)11-3-5-12(6-4-11)18-16(20)14-8-7-13(21-2)9-15(14)17/h3-9H,1-2H3,(H,18,20). The summed E-state index contributed by atoms with van der Waals surface area (Å²) in [5.74, 6) is -0.943. The molecule has 1 N–H and O–H groups in total. The van der Waals surface area contributed by atoms with Crippen LogP contribution in [0.2, 0.25) is 0 Å². The smallest absolute Gasteiger partial charge is 0.258 e. The maximum Gasteiger partial charge on any atom is 0.258 e. The second-order valence-electron chi connectivity index (χ2n) is 4.43. The molecule has 0 saturated carbocycles. The molecule has 0 atom stereocenters. The summed E-state index contributed by atoms with van der Waals surface area (Å²) in [5, 5.41) is 2.57. The number of carbonyl (C=O) groups excluding carboxylic acids is 2. The van der Waals surface area contributed by atoms with Crippen molar-refractivity contribution in [2.45, 2.75) is 6.92 Å². The highest BCUT2D eigenvalue weighted by atomic mass is 19.1. The van der Waals surface area contributed by atoms with Gasteiger partial charge in [-0.2, -0.15) is 0 Å². The zero-order valence-corrected chi connectivity index (χ0v) is 11.6. The van der Waals surface area contributed by atoms with Crippen LogP contribution < -0.4 is 10.1 Å². The first kappa shape index (κ1) is 14.7. The lowest BCUT2D eigenvalue weighted by atomic mass is 10.1. The Kier molecular flexibility index (Phi) is 4.33. The van der Waals surface area contributed by atoms with Crippen molar-refractivity contribution in [3.8, 4) is 5.75 Å². The van der Waals surface area contributed by atoms with Crippen molar-refractivity contribution in [2.75, 3.05) is 12.4 Å². The molecule has 108 valence electrons. The molecule has 0 radical (unpaired) electrons. The van der Waals surface area contributed by atoms with Gasteiger partial charge < -0.3 is 10.1 Å². The van der Waals surface area contributed by atoms with Crippen LogP contribution in [0.4, 0.5) is 10.1 Å². The Morgan fingerprint density at radius 1 is 1.10 bits per heavy atom. The van der Waals surface area contributed by atoms with E-state index in [1.54, 1.807) is 24.3 Å². The fourth-order valence-electron chi connectivity index (χ4n) is 1.79.